The van der Waals surface area contributed by atoms with Crippen LogP contribution in [0.2, 0.25) is 0 Å². The molecule has 166 valence electrons. The van der Waals surface area contributed by atoms with Crippen molar-refractivity contribution < 1.29 is 14.0 Å². The maximum atomic E-state index is 12.3. The van der Waals surface area contributed by atoms with E-state index < -0.39 is 5.60 Å². The highest BCUT2D eigenvalue weighted by Crippen LogP contribution is 2.24. The zero-order chi connectivity index (χ0) is 21.8. The Morgan fingerprint density at radius 1 is 1.17 bits per heavy atom. The second-order valence-corrected chi connectivity index (χ2v) is 9.94. The molecular formula is C23H38N5O2+. The second kappa shape index (κ2) is 9.35. The Balaban J connectivity index is 1.45. The average molecular weight is 417 g/mol. The Bertz CT molecular complexity index is 725. The van der Waals surface area contributed by atoms with Crippen molar-refractivity contribution in [2.45, 2.75) is 45.3 Å². The average Bonchev–Trinajstić information content (AvgIpc) is 2.68. The minimum atomic E-state index is -0.410. The molecular weight excluding hydrogens is 378 g/mol. The molecule has 7 nitrogen and oxygen atoms in total. The summed E-state index contributed by atoms with van der Waals surface area (Å²) < 4.78 is 6.34. The summed E-state index contributed by atoms with van der Waals surface area (Å²) in [5, 5.41) is 3.58. The molecule has 0 atom stereocenters. The van der Waals surface area contributed by atoms with Crippen molar-refractivity contribution in [3.8, 4) is 0 Å². The molecule has 2 aliphatic heterocycles. The van der Waals surface area contributed by atoms with Gasteiger partial charge in [0, 0.05) is 50.7 Å². The molecule has 0 amide bonds. The summed E-state index contributed by atoms with van der Waals surface area (Å²) in [4.78, 5) is 17.4. The van der Waals surface area contributed by atoms with E-state index in [4.69, 9.17) is 10.6 Å². The van der Waals surface area contributed by atoms with E-state index >= 15 is 0 Å². The third-order valence-electron chi connectivity index (χ3n) is 6.25. The summed E-state index contributed by atoms with van der Waals surface area (Å²) in [6, 6.07) is 9.03. The Morgan fingerprint density at radius 3 is 2.30 bits per heavy atom. The van der Waals surface area contributed by atoms with Crippen LogP contribution in [0.15, 0.2) is 29.4 Å². The molecule has 2 saturated heterocycles. The van der Waals surface area contributed by atoms with Crippen molar-refractivity contribution in [1.82, 2.24) is 4.90 Å². The molecule has 1 aromatic carbocycles. The van der Waals surface area contributed by atoms with E-state index in [-0.39, 0.29) is 5.97 Å². The molecule has 0 aliphatic carbocycles. The molecule has 2 N–H and O–H groups in total. The first-order valence-electron chi connectivity index (χ1n) is 11.1. The van der Waals surface area contributed by atoms with E-state index in [1.54, 1.807) is 6.21 Å². The zero-order valence-corrected chi connectivity index (χ0v) is 19.0. The molecule has 2 aliphatic rings. The van der Waals surface area contributed by atoms with Crippen LogP contribution in [0.5, 0.6) is 0 Å². The lowest BCUT2D eigenvalue weighted by Gasteiger charge is -2.46. The van der Waals surface area contributed by atoms with Crippen molar-refractivity contribution in [1.29, 1.82) is 0 Å². The highest BCUT2D eigenvalue weighted by Gasteiger charge is 2.36. The van der Waals surface area contributed by atoms with Gasteiger partial charge in [-0.2, -0.15) is 5.10 Å². The Morgan fingerprint density at radius 2 is 1.77 bits per heavy atom. The molecule has 0 saturated carbocycles. The number of piperidine rings is 1. The third-order valence-corrected chi connectivity index (χ3v) is 6.25. The summed E-state index contributed by atoms with van der Waals surface area (Å²) in [5.74, 6) is 5.14. The van der Waals surface area contributed by atoms with Crippen LogP contribution < -0.4 is 10.7 Å². The van der Waals surface area contributed by atoms with Gasteiger partial charge in [0.15, 0.2) is 6.54 Å². The van der Waals surface area contributed by atoms with Gasteiger partial charge in [-0.05, 0) is 38.5 Å². The van der Waals surface area contributed by atoms with Gasteiger partial charge < -0.3 is 20.0 Å². The lowest BCUT2D eigenvalue weighted by atomic mass is 10.00. The maximum absolute atomic E-state index is 12.3. The highest BCUT2D eigenvalue weighted by atomic mass is 16.6. The topological polar surface area (TPSA) is 71.2 Å². The molecule has 0 radical (unpaired) electrons. The first-order chi connectivity index (χ1) is 14.2. The van der Waals surface area contributed by atoms with Gasteiger partial charge >= 0.3 is 5.97 Å². The molecule has 1 aromatic rings. The van der Waals surface area contributed by atoms with Crippen molar-refractivity contribution in [2.24, 2.45) is 10.9 Å². The molecule has 2 heterocycles. The Hall–Kier alpha value is -2.12. The number of likely N-dealkylation sites (N-methyl/N-ethyl adjacent to an activating group) is 1. The van der Waals surface area contributed by atoms with Crippen molar-refractivity contribution >= 4 is 17.9 Å². The summed E-state index contributed by atoms with van der Waals surface area (Å²) in [6.07, 6.45) is 3.96. The van der Waals surface area contributed by atoms with Gasteiger partial charge in [-0.1, -0.05) is 12.1 Å². The molecule has 0 bridgehead atoms. The monoisotopic (exact) mass is 416 g/mol. The van der Waals surface area contributed by atoms with Gasteiger partial charge in [0.25, 0.3) is 0 Å². The van der Waals surface area contributed by atoms with Crippen LogP contribution in [-0.4, -0.2) is 86.1 Å². The number of likely N-dealkylation sites (tertiary alicyclic amines) is 1. The van der Waals surface area contributed by atoms with E-state index in [2.05, 4.69) is 46.2 Å². The number of quaternary nitrogens is 1. The molecule has 7 heteroatoms. The van der Waals surface area contributed by atoms with Gasteiger partial charge in [-0.3, -0.25) is 4.90 Å². The van der Waals surface area contributed by atoms with Gasteiger partial charge in [-0.25, -0.2) is 4.79 Å². The lowest BCUT2D eigenvalue weighted by Crippen LogP contribution is -2.59. The number of hydrazone groups is 1. The minimum Gasteiger partial charge on any atom is -0.456 e. The van der Waals surface area contributed by atoms with E-state index in [1.165, 1.54) is 5.69 Å². The molecule has 30 heavy (non-hydrogen) atoms. The first-order valence-corrected chi connectivity index (χ1v) is 11.1. The zero-order valence-electron chi connectivity index (χ0n) is 19.0. The fourth-order valence-electron chi connectivity index (χ4n) is 4.59. The number of nitrogens with zero attached hydrogens (tertiary/aromatic N) is 4. The molecule has 3 rings (SSSR count). The molecule has 2 fully saturated rings. The number of carbonyl (C=O) groups is 1. The van der Waals surface area contributed by atoms with Crippen LogP contribution in [-0.2, 0) is 9.53 Å². The summed E-state index contributed by atoms with van der Waals surface area (Å²) in [5.41, 5.74) is 1.87. The predicted octanol–water partition coefficient (Wildman–Crippen LogP) is 2.05. The number of nitrogens with two attached hydrogens (primary N) is 1. The van der Waals surface area contributed by atoms with Crippen molar-refractivity contribution in [3.05, 3.63) is 29.8 Å². The number of carbonyl (C=O) groups excluding carboxylic acids is 1. The van der Waals surface area contributed by atoms with Gasteiger partial charge in [0.1, 0.15) is 5.60 Å². The van der Waals surface area contributed by atoms with Crippen LogP contribution >= 0.6 is 0 Å². The number of rotatable bonds is 5. The predicted molar refractivity (Wildman–Crippen MR) is 122 cm³/mol. The smallest absolute Gasteiger partial charge is 0.362 e. The van der Waals surface area contributed by atoms with Crippen LogP contribution in [0.1, 0.15) is 39.2 Å². The second-order valence-electron chi connectivity index (χ2n) is 9.94. The van der Waals surface area contributed by atoms with E-state index in [9.17, 15) is 4.79 Å². The van der Waals surface area contributed by atoms with E-state index in [0.29, 0.717) is 12.6 Å². The van der Waals surface area contributed by atoms with Crippen LogP contribution in [0.25, 0.3) is 0 Å². The number of anilines is 1. The summed E-state index contributed by atoms with van der Waals surface area (Å²) in [6.45, 7) is 12.6. The first kappa shape index (κ1) is 22.6. The van der Waals surface area contributed by atoms with Crippen LogP contribution in [0.4, 0.5) is 5.69 Å². The number of piperazine rings is 1. The quantitative estimate of drug-likeness (QED) is 0.262. The standard InChI is InChI=1S/C23H38N5O2/c1-23(2,3)30-22(29)18-28(4)15-9-21(10-16-28)27-13-11-26(12-14-27)20-7-5-19(6-8-20)17-25-24/h5-8,17,21H,9-16,18,24H2,1-4H3/q+1/b25-17-. The van der Waals surface area contributed by atoms with E-state index in [1.807, 2.05) is 20.8 Å². The van der Waals surface area contributed by atoms with E-state index in [0.717, 1.165) is 62.2 Å². The number of ether oxygens (including phenoxy) is 1. The normalized spacial score (nSPS) is 26.1. The summed E-state index contributed by atoms with van der Waals surface area (Å²) in [7, 11) is 2.19. The van der Waals surface area contributed by atoms with Gasteiger partial charge in [-0.15, -0.1) is 0 Å². The number of benzene rings is 1. The third kappa shape index (κ3) is 6.19. The minimum absolute atomic E-state index is 0.0826. The largest absolute Gasteiger partial charge is 0.456 e. The van der Waals surface area contributed by atoms with Crippen molar-refractivity contribution in [2.75, 3.05) is 57.8 Å². The lowest BCUT2D eigenvalue weighted by molar-refractivity contribution is -0.907. The summed E-state index contributed by atoms with van der Waals surface area (Å²) >= 11 is 0. The molecule has 0 aromatic heterocycles. The highest BCUT2D eigenvalue weighted by molar-refractivity contribution is 5.80. The molecule has 0 unspecified atom stereocenters. The number of hydrogen-bond acceptors (Lipinski definition) is 6. The maximum Gasteiger partial charge on any atom is 0.362 e. The van der Waals surface area contributed by atoms with Gasteiger partial charge in [0.05, 0.1) is 26.4 Å². The fraction of sp³-hybridized carbons (Fsp3) is 0.652. The Labute approximate surface area is 181 Å². The van der Waals surface area contributed by atoms with Crippen LogP contribution in [0, 0.1) is 0 Å². The van der Waals surface area contributed by atoms with Crippen LogP contribution in [0.3, 0.4) is 0 Å². The molecule has 0 spiro atoms. The SMILES string of the molecule is CC(C)(C)OC(=O)C[N+]1(C)CCC(N2CCN(c3ccc(/C=N\N)cc3)CC2)CC1. The number of esters is 1. The Kier molecular flexibility index (Phi) is 7.03. The van der Waals surface area contributed by atoms with Crippen molar-refractivity contribution in [3.63, 3.8) is 0 Å². The number of hydrogen-bond donors (Lipinski definition) is 1. The van der Waals surface area contributed by atoms with Gasteiger partial charge in [0.2, 0.25) is 0 Å². The fourth-order valence-corrected chi connectivity index (χ4v) is 4.59.